The Morgan fingerprint density at radius 3 is 3.09 bits per heavy atom. The van der Waals surface area contributed by atoms with Crippen molar-refractivity contribution in [2.75, 3.05) is 13.2 Å². The van der Waals surface area contributed by atoms with Gasteiger partial charge in [0.1, 0.15) is 6.10 Å². The Bertz CT molecular complexity index is 184. The van der Waals surface area contributed by atoms with Gasteiger partial charge in [-0.1, -0.05) is 6.07 Å². The van der Waals surface area contributed by atoms with E-state index in [0.717, 1.165) is 4.88 Å². The zero-order chi connectivity index (χ0) is 8.10. The molecule has 0 aliphatic rings. The first kappa shape index (κ1) is 8.71. The van der Waals surface area contributed by atoms with Crippen LogP contribution in [-0.4, -0.2) is 18.3 Å². The van der Waals surface area contributed by atoms with Gasteiger partial charge in [-0.3, -0.25) is 0 Å². The number of hydrogen-bond donors (Lipinski definition) is 1. The summed E-state index contributed by atoms with van der Waals surface area (Å²) in [5.41, 5.74) is 0. The second-order valence-electron chi connectivity index (χ2n) is 2.19. The van der Waals surface area contributed by atoms with Crippen LogP contribution < -0.4 is 0 Å². The maximum absolute atomic E-state index is 9.43. The minimum absolute atomic E-state index is 0.400. The molecule has 1 aromatic heterocycles. The standard InChI is InChI=1S/C8H12O2S/c1-2-10-6-7(9)8-4-3-5-11-8/h3-5,7,9H,2,6H2,1H3. The Balaban J connectivity index is 2.36. The Labute approximate surface area is 70.4 Å². The lowest BCUT2D eigenvalue weighted by atomic mass is 10.3. The molecule has 1 atom stereocenters. The van der Waals surface area contributed by atoms with Gasteiger partial charge in [-0.2, -0.15) is 0 Å². The van der Waals surface area contributed by atoms with Gasteiger partial charge in [-0.25, -0.2) is 0 Å². The lowest BCUT2D eigenvalue weighted by Crippen LogP contribution is -2.04. The monoisotopic (exact) mass is 172 g/mol. The van der Waals surface area contributed by atoms with Gasteiger partial charge in [0.25, 0.3) is 0 Å². The van der Waals surface area contributed by atoms with Crippen LogP contribution in [0.4, 0.5) is 0 Å². The lowest BCUT2D eigenvalue weighted by molar-refractivity contribution is 0.0439. The smallest absolute Gasteiger partial charge is 0.111 e. The van der Waals surface area contributed by atoms with Gasteiger partial charge >= 0.3 is 0 Å². The topological polar surface area (TPSA) is 29.5 Å². The SMILES string of the molecule is CCOCC(O)c1cccs1. The summed E-state index contributed by atoms with van der Waals surface area (Å²) in [6.45, 7) is 2.97. The molecule has 3 heteroatoms. The summed E-state index contributed by atoms with van der Waals surface area (Å²) in [5.74, 6) is 0. The molecule has 62 valence electrons. The van der Waals surface area contributed by atoms with E-state index in [-0.39, 0.29) is 0 Å². The second kappa shape index (κ2) is 4.49. The van der Waals surface area contributed by atoms with Crippen molar-refractivity contribution in [3.63, 3.8) is 0 Å². The minimum Gasteiger partial charge on any atom is -0.385 e. The van der Waals surface area contributed by atoms with Crippen molar-refractivity contribution in [3.8, 4) is 0 Å². The largest absolute Gasteiger partial charge is 0.385 e. The van der Waals surface area contributed by atoms with Gasteiger partial charge in [0.05, 0.1) is 6.61 Å². The Hall–Kier alpha value is -0.380. The van der Waals surface area contributed by atoms with E-state index in [4.69, 9.17) is 4.74 Å². The maximum Gasteiger partial charge on any atom is 0.111 e. The fourth-order valence-corrected chi connectivity index (χ4v) is 1.49. The highest BCUT2D eigenvalue weighted by atomic mass is 32.1. The van der Waals surface area contributed by atoms with Crippen LogP contribution >= 0.6 is 11.3 Å². The van der Waals surface area contributed by atoms with E-state index < -0.39 is 6.10 Å². The molecule has 0 saturated carbocycles. The molecule has 0 aliphatic heterocycles. The predicted octanol–water partition coefficient (Wildman–Crippen LogP) is 1.82. The van der Waals surface area contributed by atoms with Crippen molar-refractivity contribution < 1.29 is 9.84 Å². The normalized spacial score (nSPS) is 13.3. The van der Waals surface area contributed by atoms with Crippen LogP contribution in [0.25, 0.3) is 0 Å². The summed E-state index contributed by atoms with van der Waals surface area (Å²) >= 11 is 1.55. The van der Waals surface area contributed by atoms with Gasteiger partial charge in [0.15, 0.2) is 0 Å². The summed E-state index contributed by atoms with van der Waals surface area (Å²) in [6, 6.07) is 3.84. The van der Waals surface area contributed by atoms with Crippen molar-refractivity contribution in [1.82, 2.24) is 0 Å². The van der Waals surface area contributed by atoms with E-state index in [1.165, 1.54) is 0 Å². The second-order valence-corrected chi connectivity index (χ2v) is 3.17. The summed E-state index contributed by atoms with van der Waals surface area (Å²) < 4.78 is 5.08. The van der Waals surface area contributed by atoms with Crippen LogP contribution in [0.15, 0.2) is 17.5 Å². The van der Waals surface area contributed by atoms with Crippen LogP contribution in [0.5, 0.6) is 0 Å². The zero-order valence-electron chi connectivity index (χ0n) is 6.49. The average Bonchev–Trinajstić information content (AvgIpc) is 2.52. The van der Waals surface area contributed by atoms with Crippen LogP contribution in [0, 0.1) is 0 Å². The Kier molecular flexibility index (Phi) is 3.56. The molecule has 1 unspecified atom stereocenters. The number of thiophene rings is 1. The Morgan fingerprint density at radius 2 is 2.55 bits per heavy atom. The van der Waals surface area contributed by atoms with E-state index in [0.29, 0.717) is 13.2 Å². The van der Waals surface area contributed by atoms with Gasteiger partial charge < -0.3 is 9.84 Å². The zero-order valence-corrected chi connectivity index (χ0v) is 7.30. The third-order valence-corrected chi connectivity index (χ3v) is 2.32. The fraction of sp³-hybridized carbons (Fsp3) is 0.500. The van der Waals surface area contributed by atoms with Crippen LogP contribution in [0.3, 0.4) is 0 Å². The van der Waals surface area contributed by atoms with Gasteiger partial charge in [-0.05, 0) is 18.4 Å². The number of rotatable bonds is 4. The number of aliphatic hydroxyl groups excluding tert-OH is 1. The minimum atomic E-state index is -0.449. The molecule has 0 aromatic carbocycles. The molecule has 0 fully saturated rings. The first-order chi connectivity index (χ1) is 5.34. The third-order valence-electron chi connectivity index (χ3n) is 1.35. The molecule has 0 amide bonds. The molecule has 0 spiro atoms. The summed E-state index contributed by atoms with van der Waals surface area (Å²) in [7, 11) is 0. The van der Waals surface area contributed by atoms with E-state index in [1.54, 1.807) is 11.3 Å². The van der Waals surface area contributed by atoms with Gasteiger partial charge in [-0.15, -0.1) is 11.3 Å². The molecule has 0 bridgehead atoms. The van der Waals surface area contributed by atoms with E-state index in [2.05, 4.69) is 0 Å². The lowest BCUT2D eigenvalue weighted by Gasteiger charge is -2.06. The molecule has 0 aliphatic carbocycles. The molecule has 11 heavy (non-hydrogen) atoms. The molecule has 2 nitrogen and oxygen atoms in total. The van der Waals surface area contributed by atoms with Crippen molar-refractivity contribution in [1.29, 1.82) is 0 Å². The molecular weight excluding hydrogens is 160 g/mol. The molecule has 1 rings (SSSR count). The van der Waals surface area contributed by atoms with Crippen molar-refractivity contribution >= 4 is 11.3 Å². The molecule has 1 heterocycles. The molecular formula is C8H12O2S. The Morgan fingerprint density at radius 1 is 1.73 bits per heavy atom. The quantitative estimate of drug-likeness (QED) is 0.750. The molecule has 0 radical (unpaired) electrons. The maximum atomic E-state index is 9.43. The van der Waals surface area contributed by atoms with Gasteiger partial charge in [0.2, 0.25) is 0 Å². The summed E-state index contributed by atoms with van der Waals surface area (Å²) in [6.07, 6.45) is -0.449. The first-order valence-corrected chi connectivity index (χ1v) is 4.51. The van der Waals surface area contributed by atoms with E-state index in [1.807, 2.05) is 24.4 Å². The van der Waals surface area contributed by atoms with Gasteiger partial charge in [0, 0.05) is 11.5 Å². The summed E-state index contributed by atoms with van der Waals surface area (Å²) in [5, 5.41) is 11.4. The third kappa shape index (κ3) is 2.61. The van der Waals surface area contributed by atoms with Crippen molar-refractivity contribution in [3.05, 3.63) is 22.4 Å². The van der Waals surface area contributed by atoms with Crippen LogP contribution in [0.2, 0.25) is 0 Å². The van der Waals surface area contributed by atoms with E-state index in [9.17, 15) is 5.11 Å². The number of ether oxygens (including phenoxy) is 1. The summed E-state index contributed by atoms with van der Waals surface area (Å²) in [4.78, 5) is 0.971. The molecule has 1 aromatic rings. The predicted molar refractivity (Wildman–Crippen MR) is 45.8 cm³/mol. The highest BCUT2D eigenvalue weighted by molar-refractivity contribution is 7.10. The fourth-order valence-electron chi connectivity index (χ4n) is 0.792. The van der Waals surface area contributed by atoms with E-state index >= 15 is 0 Å². The van der Waals surface area contributed by atoms with Crippen molar-refractivity contribution in [2.24, 2.45) is 0 Å². The first-order valence-electron chi connectivity index (χ1n) is 3.63. The van der Waals surface area contributed by atoms with Crippen LogP contribution in [-0.2, 0) is 4.74 Å². The number of aliphatic hydroxyl groups is 1. The molecule has 0 saturated heterocycles. The molecule has 1 N–H and O–H groups in total. The highest BCUT2D eigenvalue weighted by Gasteiger charge is 2.06. The van der Waals surface area contributed by atoms with Crippen molar-refractivity contribution in [2.45, 2.75) is 13.0 Å². The average molecular weight is 172 g/mol. The number of hydrogen-bond acceptors (Lipinski definition) is 3. The van der Waals surface area contributed by atoms with Crippen LogP contribution in [0.1, 0.15) is 17.9 Å². The highest BCUT2D eigenvalue weighted by Crippen LogP contribution is 2.18.